The van der Waals surface area contributed by atoms with Crippen molar-refractivity contribution < 1.29 is 19.2 Å². The first-order valence-electron chi connectivity index (χ1n) is 10.9. The highest BCUT2D eigenvalue weighted by atomic mass is 16.6. The molecule has 1 amide bonds. The maximum Gasteiger partial charge on any atom is 0.339 e. The molecule has 0 radical (unpaired) electrons. The number of benzene rings is 1. The Labute approximate surface area is 190 Å². The van der Waals surface area contributed by atoms with Crippen LogP contribution in [-0.4, -0.2) is 64.0 Å². The highest BCUT2D eigenvalue weighted by Gasteiger charge is 2.21. The van der Waals surface area contributed by atoms with Gasteiger partial charge in [-0.25, -0.2) is 9.78 Å². The van der Waals surface area contributed by atoms with Gasteiger partial charge in [0, 0.05) is 61.6 Å². The van der Waals surface area contributed by atoms with Gasteiger partial charge in [0.2, 0.25) is 5.91 Å². The fourth-order valence-electron chi connectivity index (χ4n) is 3.99. The van der Waals surface area contributed by atoms with E-state index >= 15 is 0 Å². The van der Waals surface area contributed by atoms with Crippen LogP contribution in [-0.2, 0) is 16.1 Å². The van der Waals surface area contributed by atoms with Crippen molar-refractivity contribution in [2.24, 2.45) is 0 Å². The molecule has 10 heteroatoms. The molecule has 1 aromatic carbocycles. The standard InChI is InChI=1S/C23H25N5O5/c1-2-33-23(30)18-4-7-21(24-15-18)25-9-3-10-26(13-12-25)22(29)16-27-11-8-17-14-19(28(31)32)5-6-20(17)27/h4-8,11,14-15H,2-3,9-10,12-13,16H2,1H3. The molecule has 172 valence electrons. The van der Waals surface area contributed by atoms with E-state index < -0.39 is 10.9 Å². The molecule has 10 nitrogen and oxygen atoms in total. The van der Waals surface area contributed by atoms with Gasteiger partial charge in [0.05, 0.1) is 17.1 Å². The summed E-state index contributed by atoms with van der Waals surface area (Å²) in [5.74, 6) is 0.366. The molecule has 0 bridgehead atoms. The van der Waals surface area contributed by atoms with E-state index in [0.717, 1.165) is 29.7 Å². The normalized spacial score (nSPS) is 14.2. The van der Waals surface area contributed by atoms with Crippen molar-refractivity contribution in [1.29, 1.82) is 0 Å². The topological polar surface area (TPSA) is 111 Å². The predicted octanol–water partition coefficient (Wildman–Crippen LogP) is 2.86. The van der Waals surface area contributed by atoms with Crippen LogP contribution in [0.3, 0.4) is 0 Å². The summed E-state index contributed by atoms with van der Waals surface area (Å²) < 4.78 is 6.81. The average Bonchev–Trinajstić information content (AvgIpc) is 3.04. The van der Waals surface area contributed by atoms with Crippen molar-refractivity contribution in [2.45, 2.75) is 19.9 Å². The number of carbonyl (C=O) groups excluding carboxylic acids is 2. The van der Waals surface area contributed by atoms with Gasteiger partial charge in [0.15, 0.2) is 0 Å². The molecule has 3 heterocycles. The van der Waals surface area contributed by atoms with Gasteiger partial charge in [0.25, 0.3) is 5.69 Å². The van der Waals surface area contributed by atoms with Crippen molar-refractivity contribution >= 4 is 34.3 Å². The zero-order valence-electron chi connectivity index (χ0n) is 18.3. The molecule has 0 atom stereocenters. The number of carbonyl (C=O) groups is 2. The Morgan fingerprint density at radius 3 is 2.70 bits per heavy atom. The third-order valence-corrected chi connectivity index (χ3v) is 5.70. The Morgan fingerprint density at radius 2 is 1.97 bits per heavy atom. The van der Waals surface area contributed by atoms with E-state index in [-0.39, 0.29) is 18.1 Å². The fourth-order valence-corrected chi connectivity index (χ4v) is 3.99. The Balaban J connectivity index is 1.38. The van der Waals surface area contributed by atoms with Crippen LogP contribution >= 0.6 is 0 Å². The zero-order valence-corrected chi connectivity index (χ0v) is 18.3. The zero-order chi connectivity index (χ0) is 23.4. The molecular formula is C23H25N5O5. The highest BCUT2D eigenvalue weighted by Crippen LogP contribution is 2.22. The number of anilines is 1. The second kappa shape index (κ2) is 9.68. The summed E-state index contributed by atoms with van der Waals surface area (Å²) >= 11 is 0. The smallest absolute Gasteiger partial charge is 0.339 e. The van der Waals surface area contributed by atoms with Crippen LogP contribution in [0.2, 0.25) is 0 Å². The number of amides is 1. The molecule has 1 aliphatic rings. The SMILES string of the molecule is CCOC(=O)c1ccc(N2CCCN(C(=O)Cn3ccc4cc([N+](=O)[O-])ccc43)CC2)nc1. The Hall–Kier alpha value is -3.95. The minimum Gasteiger partial charge on any atom is -0.462 e. The fraction of sp³-hybridized carbons (Fsp3) is 0.348. The van der Waals surface area contributed by atoms with Crippen LogP contribution in [0.1, 0.15) is 23.7 Å². The van der Waals surface area contributed by atoms with Crippen LogP contribution in [0.25, 0.3) is 10.9 Å². The molecule has 0 aliphatic carbocycles. The predicted molar refractivity (Wildman–Crippen MR) is 122 cm³/mol. The molecule has 4 rings (SSSR count). The molecule has 0 saturated carbocycles. The lowest BCUT2D eigenvalue weighted by Crippen LogP contribution is -2.37. The maximum absolute atomic E-state index is 13.0. The lowest BCUT2D eigenvalue weighted by Gasteiger charge is -2.23. The van der Waals surface area contributed by atoms with Crippen LogP contribution in [0.5, 0.6) is 0 Å². The lowest BCUT2D eigenvalue weighted by molar-refractivity contribution is -0.384. The number of hydrogen-bond acceptors (Lipinski definition) is 7. The number of nitro benzene ring substituents is 1. The number of pyridine rings is 1. The number of ether oxygens (including phenoxy) is 1. The van der Waals surface area contributed by atoms with Crippen molar-refractivity contribution in [2.75, 3.05) is 37.7 Å². The number of non-ortho nitro benzene ring substituents is 1. The first kappa shape index (κ1) is 22.3. The summed E-state index contributed by atoms with van der Waals surface area (Å²) in [6.07, 6.45) is 4.10. The van der Waals surface area contributed by atoms with E-state index in [1.54, 1.807) is 37.4 Å². The van der Waals surface area contributed by atoms with Crippen LogP contribution < -0.4 is 4.90 Å². The van der Waals surface area contributed by atoms with Crippen LogP contribution in [0, 0.1) is 10.1 Å². The van der Waals surface area contributed by atoms with E-state index in [1.165, 1.54) is 18.3 Å². The second-order valence-corrected chi connectivity index (χ2v) is 7.79. The lowest BCUT2D eigenvalue weighted by atomic mass is 10.2. The van der Waals surface area contributed by atoms with Gasteiger partial charge >= 0.3 is 5.97 Å². The third kappa shape index (κ3) is 4.94. The van der Waals surface area contributed by atoms with E-state index in [2.05, 4.69) is 9.88 Å². The molecule has 1 fully saturated rings. The van der Waals surface area contributed by atoms with Gasteiger partial charge in [-0.1, -0.05) is 0 Å². The first-order valence-corrected chi connectivity index (χ1v) is 10.9. The number of nitro groups is 1. The summed E-state index contributed by atoms with van der Waals surface area (Å²) in [6.45, 7) is 4.84. The molecule has 3 aromatic rings. The van der Waals surface area contributed by atoms with Crippen molar-refractivity contribution in [1.82, 2.24) is 14.5 Å². The molecule has 33 heavy (non-hydrogen) atoms. The molecule has 1 saturated heterocycles. The van der Waals surface area contributed by atoms with Crippen LogP contribution in [0.15, 0.2) is 48.8 Å². The van der Waals surface area contributed by atoms with Crippen molar-refractivity contribution in [3.63, 3.8) is 0 Å². The van der Waals surface area contributed by atoms with E-state index in [9.17, 15) is 19.7 Å². The van der Waals surface area contributed by atoms with Gasteiger partial charge in [-0.3, -0.25) is 14.9 Å². The average molecular weight is 451 g/mol. The number of nitrogens with zero attached hydrogens (tertiary/aromatic N) is 5. The highest BCUT2D eigenvalue weighted by molar-refractivity contribution is 5.89. The number of aromatic nitrogens is 2. The van der Waals surface area contributed by atoms with E-state index in [0.29, 0.717) is 31.8 Å². The van der Waals surface area contributed by atoms with Gasteiger partial charge in [-0.05, 0) is 37.6 Å². The number of fused-ring (bicyclic) bond motifs is 1. The van der Waals surface area contributed by atoms with Crippen LogP contribution in [0.4, 0.5) is 11.5 Å². The number of rotatable bonds is 6. The number of hydrogen-bond donors (Lipinski definition) is 0. The minimum absolute atomic E-state index is 0.00155. The van der Waals surface area contributed by atoms with Gasteiger partial charge in [-0.15, -0.1) is 0 Å². The quantitative estimate of drug-likeness (QED) is 0.322. The number of esters is 1. The molecule has 2 aromatic heterocycles. The Bertz CT molecular complexity index is 1170. The first-order chi connectivity index (χ1) is 16.0. The van der Waals surface area contributed by atoms with E-state index in [4.69, 9.17) is 4.74 Å². The summed E-state index contributed by atoms with van der Waals surface area (Å²) in [5.41, 5.74) is 1.23. The van der Waals surface area contributed by atoms with Gasteiger partial charge < -0.3 is 19.1 Å². The summed E-state index contributed by atoms with van der Waals surface area (Å²) in [6, 6.07) is 9.93. The molecule has 0 N–H and O–H groups in total. The minimum atomic E-state index is -0.426. The monoisotopic (exact) mass is 451 g/mol. The Morgan fingerprint density at radius 1 is 1.12 bits per heavy atom. The van der Waals surface area contributed by atoms with Gasteiger partial charge in [-0.2, -0.15) is 0 Å². The second-order valence-electron chi connectivity index (χ2n) is 7.79. The largest absolute Gasteiger partial charge is 0.462 e. The summed E-state index contributed by atoms with van der Waals surface area (Å²) in [5, 5.41) is 11.7. The Kier molecular flexibility index (Phi) is 6.53. The molecular weight excluding hydrogens is 426 g/mol. The molecule has 0 spiro atoms. The van der Waals surface area contributed by atoms with Crippen molar-refractivity contribution in [3.05, 3.63) is 64.5 Å². The molecule has 0 unspecified atom stereocenters. The maximum atomic E-state index is 13.0. The third-order valence-electron chi connectivity index (χ3n) is 5.70. The molecule has 1 aliphatic heterocycles. The summed E-state index contributed by atoms with van der Waals surface area (Å²) in [7, 11) is 0. The summed E-state index contributed by atoms with van der Waals surface area (Å²) in [4.78, 5) is 43.7. The van der Waals surface area contributed by atoms with E-state index in [1.807, 2.05) is 9.47 Å². The van der Waals surface area contributed by atoms with Crippen molar-refractivity contribution in [3.8, 4) is 0 Å². The van der Waals surface area contributed by atoms with Gasteiger partial charge in [0.1, 0.15) is 12.4 Å².